The molecule has 0 bridgehead atoms. The lowest BCUT2D eigenvalue weighted by molar-refractivity contribution is -0.139. The van der Waals surface area contributed by atoms with Crippen LogP contribution < -0.4 is 5.32 Å². The van der Waals surface area contributed by atoms with Gasteiger partial charge in [0, 0.05) is 31.6 Å². The van der Waals surface area contributed by atoms with Gasteiger partial charge in [0.1, 0.15) is 6.04 Å². The Bertz CT molecular complexity index is 617. The standard InChI is InChI=1S/C12H15N5O3/c1-7-9(5-17(2)16-7)11(18)15-10(12(19)20)3-8-4-13-6-14-8/h4-6,10H,3H2,1-2H3,(H,13,14)(H,15,18)(H,19,20)/t10-/m1/s1. The number of nitrogens with one attached hydrogen (secondary N) is 2. The third-order valence-electron chi connectivity index (χ3n) is 2.84. The van der Waals surface area contributed by atoms with E-state index in [1.807, 2.05) is 0 Å². The highest BCUT2D eigenvalue weighted by molar-refractivity contribution is 5.97. The fourth-order valence-electron chi connectivity index (χ4n) is 1.87. The van der Waals surface area contributed by atoms with Gasteiger partial charge in [0.05, 0.1) is 17.6 Å². The summed E-state index contributed by atoms with van der Waals surface area (Å²) in [6.07, 6.45) is 4.68. The molecular weight excluding hydrogens is 262 g/mol. The molecule has 0 unspecified atom stereocenters. The van der Waals surface area contributed by atoms with Crippen LogP contribution in [0.1, 0.15) is 21.7 Å². The predicted molar refractivity (Wildman–Crippen MR) is 69.1 cm³/mol. The van der Waals surface area contributed by atoms with E-state index in [-0.39, 0.29) is 6.42 Å². The molecule has 8 heteroatoms. The summed E-state index contributed by atoms with van der Waals surface area (Å²) < 4.78 is 1.51. The first-order valence-corrected chi connectivity index (χ1v) is 5.98. The molecule has 0 spiro atoms. The Morgan fingerprint density at radius 1 is 1.55 bits per heavy atom. The molecule has 0 fully saturated rings. The van der Waals surface area contributed by atoms with E-state index < -0.39 is 17.9 Å². The van der Waals surface area contributed by atoms with Crippen molar-refractivity contribution in [1.82, 2.24) is 25.1 Å². The maximum atomic E-state index is 12.1. The Balaban J connectivity index is 2.10. The van der Waals surface area contributed by atoms with Crippen molar-refractivity contribution in [2.75, 3.05) is 0 Å². The molecule has 0 aliphatic carbocycles. The van der Waals surface area contributed by atoms with Crippen molar-refractivity contribution >= 4 is 11.9 Å². The van der Waals surface area contributed by atoms with E-state index in [0.29, 0.717) is 17.0 Å². The van der Waals surface area contributed by atoms with Crippen LogP contribution in [0.3, 0.4) is 0 Å². The number of carbonyl (C=O) groups excluding carboxylic acids is 1. The minimum Gasteiger partial charge on any atom is -0.480 e. The number of carboxylic acids is 1. The maximum Gasteiger partial charge on any atom is 0.326 e. The lowest BCUT2D eigenvalue weighted by Crippen LogP contribution is -2.42. The van der Waals surface area contributed by atoms with Crippen molar-refractivity contribution in [3.8, 4) is 0 Å². The number of hydrogen-bond donors (Lipinski definition) is 3. The van der Waals surface area contributed by atoms with Gasteiger partial charge in [-0.2, -0.15) is 5.10 Å². The van der Waals surface area contributed by atoms with Gasteiger partial charge >= 0.3 is 5.97 Å². The van der Waals surface area contributed by atoms with E-state index >= 15 is 0 Å². The second-order valence-corrected chi connectivity index (χ2v) is 4.45. The molecule has 0 aromatic carbocycles. The normalized spacial score (nSPS) is 12.1. The minimum atomic E-state index is -1.10. The SMILES string of the molecule is Cc1nn(C)cc1C(=O)N[C@H](Cc1cnc[nH]1)C(=O)O. The Morgan fingerprint density at radius 3 is 2.80 bits per heavy atom. The van der Waals surface area contributed by atoms with Gasteiger partial charge in [-0.05, 0) is 6.92 Å². The number of aliphatic carboxylic acids is 1. The number of carbonyl (C=O) groups is 2. The summed E-state index contributed by atoms with van der Waals surface area (Å²) in [6.45, 7) is 1.69. The minimum absolute atomic E-state index is 0.139. The first-order valence-electron chi connectivity index (χ1n) is 5.98. The Morgan fingerprint density at radius 2 is 2.30 bits per heavy atom. The molecule has 0 saturated carbocycles. The highest BCUT2D eigenvalue weighted by Gasteiger charge is 2.23. The van der Waals surface area contributed by atoms with Gasteiger partial charge in [-0.3, -0.25) is 9.48 Å². The summed E-state index contributed by atoms with van der Waals surface area (Å²) in [6, 6.07) is -1.03. The van der Waals surface area contributed by atoms with Crippen molar-refractivity contribution in [1.29, 1.82) is 0 Å². The number of aromatic amines is 1. The van der Waals surface area contributed by atoms with E-state index in [1.165, 1.54) is 17.2 Å². The number of hydrogen-bond acceptors (Lipinski definition) is 4. The van der Waals surface area contributed by atoms with Crippen LogP contribution in [0.15, 0.2) is 18.7 Å². The molecule has 1 atom stereocenters. The number of carboxylic acid groups (broad SMARTS) is 1. The van der Waals surface area contributed by atoms with E-state index in [2.05, 4.69) is 20.4 Å². The van der Waals surface area contributed by atoms with Crippen LogP contribution in [0.4, 0.5) is 0 Å². The smallest absolute Gasteiger partial charge is 0.326 e. The molecule has 0 saturated heterocycles. The molecule has 2 rings (SSSR count). The number of amides is 1. The van der Waals surface area contributed by atoms with Crippen LogP contribution in [0.5, 0.6) is 0 Å². The number of imidazole rings is 1. The maximum absolute atomic E-state index is 12.1. The van der Waals surface area contributed by atoms with Crippen molar-refractivity contribution in [2.45, 2.75) is 19.4 Å². The quantitative estimate of drug-likeness (QED) is 0.705. The number of aryl methyl sites for hydroxylation is 2. The molecule has 0 aliphatic rings. The molecule has 8 nitrogen and oxygen atoms in total. The fraction of sp³-hybridized carbons (Fsp3) is 0.333. The number of H-pyrrole nitrogens is 1. The summed E-state index contributed by atoms with van der Waals surface area (Å²) in [5.74, 6) is -1.56. The average molecular weight is 277 g/mol. The van der Waals surface area contributed by atoms with Gasteiger partial charge < -0.3 is 15.4 Å². The van der Waals surface area contributed by atoms with Crippen molar-refractivity contribution in [2.24, 2.45) is 7.05 Å². The summed E-state index contributed by atoms with van der Waals surface area (Å²) in [5, 5.41) is 15.7. The first-order chi connectivity index (χ1) is 9.47. The first kappa shape index (κ1) is 13.8. The molecule has 3 N–H and O–H groups in total. The van der Waals surface area contributed by atoms with E-state index in [1.54, 1.807) is 20.2 Å². The zero-order valence-corrected chi connectivity index (χ0v) is 11.1. The Labute approximate surface area is 114 Å². The third kappa shape index (κ3) is 3.02. The van der Waals surface area contributed by atoms with Gasteiger partial charge in [-0.25, -0.2) is 9.78 Å². The second-order valence-electron chi connectivity index (χ2n) is 4.45. The Hall–Kier alpha value is -2.64. The van der Waals surface area contributed by atoms with Gasteiger partial charge in [-0.15, -0.1) is 0 Å². The molecule has 2 heterocycles. The molecule has 1 amide bonds. The van der Waals surface area contributed by atoms with Crippen molar-refractivity contribution < 1.29 is 14.7 Å². The highest BCUT2D eigenvalue weighted by atomic mass is 16.4. The van der Waals surface area contributed by atoms with Crippen molar-refractivity contribution in [3.05, 3.63) is 35.7 Å². The molecule has 106 valence electrons. The average Bonchev–Trinajstić information content (AvgIpc) is 2.97. The summed E-state index contributed by atoms with van der Waals surface area (Å²) >= 11 is 0. The van der Waals surface area contributed by atoms with Crippen LogP contribution in [0, 0.1) is 6.92 Å². The fourth-order valence-corrected chi connectivity index (χ4v) is 1.87. The van der Waals surface area contributed by atoms with Crippen LogP contribution in [0.25, 0.3) is 0 Å². The van der Waals surface area contributed by atoms with E-state index in [4.69, 9.17) is 0 Å². The van der Waals surface area contributed by atoms with Gasteiger partial charge in [0.2, 0.25) is 0 Å². The monoisotopic (exact) mass is 277 g/mol. The van der Waals surface area contributed by atoms with E-state index in [0.717, 1.165) is 0 Å². The zero-order chi connectivity index (χ0) is 14.7. The van der Waals surface area contributed by atoms with Crippen LogP contribution in [-0.2, 0) is 18.3 Å². The van der Waals surface area contributed by atoms with Gasteiger partial charge in [-0.1, -0.05) is 0 Å². The molecule has 0 radical (unpaired) electrons. The van der Waals surface area contributed by atoms with Crippen LogP contribution in [0.2, 0.25) is 0 Å². The Kier molecular flexibility index (Phi) is 3.83. The van der Waals surface area contributed by atoms with Gasteiger partial charge in [0.25, 0.3) is 5.91 Å². The summed E-state index contributed by atoms with van der Waals surface area (Å²) in [4.78, 5) is 29.9. The van der Waals surface area contributed by atoms with Gasteiger partial charge in [0.15, 0.2) is 0 Å². The number of nitrogens with zero attached hydrogens (tertiary/aromatic N) is 3. The largest absolute Gasteiger partial charge is 0.480 e. The van der Waals surface area contributed by atoms with Crippen molar-refractivity contribution in [3.63, 3.8) is 0 Å². The van der Waals surface area contributed by atoms with Crippen LogP contribution >= 0.6 is 0 Å². The van der Waals surface area contributed by atoms with Crippen LogP contribution in [-0.4, -0.2) is 42.8 Å². The molecule has 20 heavy (non-hydrogen) atoms. The topological polar surface area (TPSA) is 113 Å². The van der Waals surface area contributed by atoms with E-state index in [9.17, 15) is 14.7 Å². The highest BCUT2D eigenvalue weighted by Crippen LogP contribution is 2.06. The molecule has 0 aliphatic heterocycles. The third-order valence-corrected chi connectivity index (χ3v) is 2.84. The summed E-state index contributed by atoms with van der Waals surface area (Å²) in [7, 11) is 1.70. The molecule has 2 aromatic heterocycles. The predicted octanol–water partition coefficient (Wildman–Crippen LogP) is -0.123. The molecular formula is C12H15N5O3. The summed E-state index contributed by atoms with van der Waals surface area (Å²) in [5.41, 5.74) is 1.56. The lowest BCUT2D eigenvalue weighted by atomic mass is 10.1. The number of aromatic nitrogens is 4. The lowest BCUT2D eigenvalue weighted by Gasteiger charge is -2.13. The molecule has 2 aromatic rings. The number of rotatable bonds is 5. The second kappa shape index (κ2) is 5.55. The zero-order valence-electron chi connectivity index (χ0n) is 11.1.